The van der Waals surface area contributed by atoms with Gasteiger partial charge in [0.25, 0.3) is 0 Å². The predicted molar refractivity (Wildman–Crippen MR) is 75.1 cm³/mol. The number of phenolic OH excluding ortho intramolecular Hbond substituents is 1. The van der Waals surface area contributed by atoms with Crippen LogP contribution in [0.1, 0.15) is 21.5 Å². The van der Waals surface area contributed by atoms with Crippen LogP contribution >= 0.6 is 0 Å². The van der Waals surface area contributed by atoms with Crippen molar-refractivity contribution in [2.75, 3.05) is 5.32 Å². The fourth-order valence-electron chi connectivity index (χ4n) is 1.80. The van der Waals surface area contributed by atoms with Gasteiger partial charge in [-0.25, -0.2) is 0 Å². The molecule has 2 aromatic carbocycles. The molecule has 4 nitrogen and oxygen atoms in total. The zero-order valence-corrected chi connectivity index (χ0v) is 10.7. The monoisotopic (exact) mass is 256 g/mol. The molecule has 0 bridgehead atoms. The summed E-state index contributed by atoms with van der Waals surface area (Å²) in [6, 6.07) is 12.5. The van der Waals surface area contributed by atoms with Gasteiger partial charge in [0.2, 0.25) is 5.91 Å². The Bertz CT molecular complexity index is 609. The number of hydrogen-bond donors (Lipinski definition) is 3. The number of aryl methyl sites for hydroxylation is 1. The van der Waals surface area contributed by atoms with Crippen LogP contribution in [0.25, 0.3) is 0 Å². The average Bonchev–Trinajstić information content (AvgIpc) is 2.40. The largest absolute Gasteiger partial charge is 0.508 e. The van der Waals surface area contributed by atoms with Crippen molar-refractivity contribution in [3.63, 3.8) is 0 Å². The normalized spacial score (nSPS) is 10.2. The second-order valence-electron chi connectivity index (χ2n) is 4.42. The summed E-state index contributed by atoms with van der Waals surface area (Å²) in [5, 5.41) is 12.7. The zero-order valence-electron chi connectivity index (χ0n) is 10.7. The Kier molecular flexibility index (Phi) is 3.71. The standard InChI is InChI=1S/C15H16N2O2/c1-10-7-13(5-6-14(10)18)17-9-11-3-2-4-12(8-11)15(16)19/h2-8,17-18H,9H2,1H3,(H2,16,19). The maximum Gasteiger partial charge on any atom is 0.248 e. The van der Waals surface area contributed by atoms with E-state index in [0.29, 0.717) is 12.1 Å². The van der Waals surface area contributed by atoms with Crippen LogP contribution in [0, 0.1) is 6.92 Å². The van der Waals surface area contributed by atoms with Gasteiger partial charge in [0.1, 0.15) is 5.75 Å². The molecule has 0 radical (unpaired) electrons. The number of carbonyl (C=O) groups excluding carboxylic acids is 1. The average molecular weight is 256 g/mol. The molecule has 0 aromatic heterocycles. The minimum atomic E-state index is -0.428. The second kappa shape index (κ2) is 5.44. The van der Waals surface area contributed by atoms with Crippen LogP contribution in [0.4, 0.5) is 5.69 Å². The SMILES string of the molecule is Cc1cc(NCc2cccc(C(N)=O)c2)ccc1O. The molecule has 19 heavy (non-hydrogen) atoms. The van der Waals surface area contributed by atoms with Crippen molar-refractivity contribution >= 4 is 11.6 Å². The number of phenols is 1. The molecule has 0 aliphatic rings. The van der Waals surface area contributed by atoms with Crippen LogP contribution < -0.4 is 11.1 Å². The molecular weight excluding hydrogens is 240 g/mol. The van der Waals surface area contributed by atoms with Crippen LogP contribution in [0.5, 0.6) is 5.75 Å². The van der Waals surface area contributed by atoms with Gasteiger partial charge < -0.3 is 16.2 Å². The summed E-state index contributed by atoms with van der Waals surface area (Å²) >= 11 is 0. The highest BCUT2D eigenvalue weighted by molar-refractivity contribution is 5.92. The maximum atomic E-state index is 11.1. The quantitative estimate of drug-likeness (QED) is 0.735. The minimum Gasteiger partial charge on any atom is -0.508 e. The lowest BCUT2D eigenvalue weighted by atomic mass is 10.1. The van der Waals surface area contributed by atoms with Gasteiger partial charge in [-0.05, 0) is 48.4 Å². The number of benzene rings is 2. The van der Waals surface area contributed by atoms with Crippen LogP contribution in [0.15, 0.2) is 42.5 Å². The first-order valence-electron chi connectivity index (χ1n) is 5.98. The van der Waals surface area contributed by atoms with Crippen molar-refractivity contribution in [1.29, 1.82) is 0 Å². The lowest BCUT2D eigenvalue weighted by Crippen LogP contribution is -2.11. The van der Waals surface area contributed by atoms with Gasteiger partial charge in [-0.15, -0.1) is 0 Å². The summed E-state index contributed by atoms with van der Waals surface area (Å²) < 4.78 is 0. The molecule has 0 atom stereocenters. The number of amides is 1. The van der Waals surface area contributed by atoms with E-state index in [1.165, 1.54) is 0 Å². The number of primary amides is 1. The van der Waals surface area contributed by atoms with Crippen molar-refractivity contribution in [1.82, 2.24) is 0 Å². The predicted octanol–water partition coefficient (Wildman–Crippen LogP) is 2.41. The van der Waals surface area contributed by atoms with E-state index in [-0.39, 0.29) is 5.75 Å². The fourth-order valence-corrected chi connectivity index (χ4v) is 1.80. The maximum absolute atomic E-state index is 11.1. The van der Waals surface area contributed by atoms with Gasteiger partial charge >= 0.3 is 0 Å². The van der Waals surface area contributed by atoms with Crippen LogP contribution in [0.3, 0.4) is 0 Å². The Morgan fingerprint density at radius 1 is 1.26 bits per heavy atom. The van der Waals surface area contributed by atoms with Crippen LogP contribution in [-0.2, 0) is 6.54 Å². The smallest absolute Gasteiger partial charge is 0.248 e. The van der Waals surface area contributed by atoms with E-state index >= 15 is 0 Å². The van der Waals surface area contributed by atoms with E-state index in [4.69, 9.17) is 5.73 Å². The topological polar surface area (TPSA) is 75.3 Å². The summed E-state index contributed by atoms with van der Waals surface area (Å²) in [7, 11) is 0. The van der Waals surface area contributed by atoms with Gasteiger partial charge in [0.05, 0.1) is 0 Å². The number of nitrogens with one attached hydrogen (secondary N) is 1. The first-order chi connectivity index (χ1) is 9.06. The third kappa shape index (κ3) is 3.25. The first kappa shape index (κ1) is 13.0. The van der Waals surface area contributed by atoms with E-state index in [9.17, 15) is 9.90 Å². The number of nitrogens with two attached hydrogens (primary N) is 1. The number of carbonyl (C=O) groups is 1. The van der Waals surface area contributed by atoms with Gasteiger partial charge in [-0.3, -0.25) is 4.79 Å². The molecule has 0 unspecified atom stereocenters. The fraction of sp³-hybridized carbons (Fsp3) is 0.133. The molecule has 2 rings (SSSR count). The summed E-state index contributed by atoms with van der Waals surface area (Å²) in [6.07, 6.45) is 0. The number of rotatable bonds is 4. The molecule has 0 heterocycles. The Morgan fingerprint density at radius 3 is 2.74 bits per heavy atom. The van der Waals surface area contributed by atoms with E-state index in [1.807, 2.05) is 19.1 Å². The molecule has 0 fully saturated rings. The lowest BCUT2D eigenvalue weighted by molar-refractivity contribution is 0.1000. The van der Waals surface area contributed by atoms with Gasteiger partial charge in [0, 0.05) is 17.8 Å². The third-order valence-electron chi connectivity index (χ3n) is 2.90. The Hall–Kier alpha value is -2.49. The molecule has 2 aromatic rings. The first-order valence-corrected chi connectivity index (χ1v) is 5.98. The van der Waals surface area contributed by atoms with E-state index < -0.39 is 5.91 Å². The molecular formula is C15H16N2O2. The molecule has 0 saturated carbocycles. The third-order valence-corrected chi connectivity index (χ3v) is 2.90. The molecule has 0 spiro atoms. The summed E-state index contributed by atoms with van der Waals surface area (Å²) in [4.78, 5) is 11.1. The lowest BCUT2D eigenvalue weighted by Gasteiger charge is -2.09. The minimum absolute atomic E-state index is 0.279. The molecule has 98 valence electrons. The summed E-state index contributed by atoms with van der Waals surface area (Å²) in [5.41, 5.74) is 8.45. The highest BCUT2D eigenvalue weighted by Gasteiger charge is 2.02. The van der Waals surface area contributed by atoms with Gasteiger partial charge in [-0.2, -0.15) is 0 Å². The Morgan fingerprint density at radius 2 is 2.05 bits per heavy atom. The highest BCUT2D eigenvalue weighted by atomic mass is 16.3. The van der Waals surface area contributed by atoms with Gasteiger partial charge in [-0.1, -0.05) is 12.1 Å². The number of aromatic hydroxyl groups is 1. The molecule has 1 amide bonds. The van der Waals surface area contributed by atoms with E-state index in [1.54, 1.807) is 30.3 Å². The summed E-state index contributed by atoms with van der Waals surface area (Å²) in [5.74, 6) is -0.149. The Balaban J connectivity index is 2.07. The molecule has 4 heteroatoms. The Labute approximate surface area is 111 Å². The number of hydrogen-bond acceptors (Lipinski definition) is 3. The molecule has 0 aliphatic heterocycles. The van der Waals surface area contributed by atoms with Crippen LogP contribution in [-0.4, -0.2) is 11.0 Å². The summed E-state index contributed by atoms with van der Waals surface area (Å²) in [6.45, 7) is 2.43. The molecule has 0 aliphatic carbocycles. The van der Waals surface area contributed by atoms with Crippen LogP contribution in [0.2, 0.25) is 0 Å². The van der Waals surface area contributed by atoms with Crippen molar-refractivity contribution in [3.8, 4) is 5.75 Å². The zero-order chi connectivity index (χ0) is 13.8. The highest BCUT2D eigenvalue weighted by Crippen LogP contribution is 2.20. The van der Waals surface area contributed by atoms with E-state index in [0.717, 1.165) is 16.8 Å². The van der Waals surface area contributed by atoms with Crippen molar-refractivity contribution in [3.05, 3.63) is 59.2 Å². The van der Waals surface area contributed by atoms with Crippen molar-refractivity contribution in [2.24, 2.45) is 5.73 Å². The van der Waals surface area contributed by atoms with Crippen molar-refractivity contribution in [2.45, 2.75) is 13.5 Å². The number of anilines is 1. The molecule has 0 saturated heterocycles. The van der Waals surface area contributed by atoms with Gasteiger partial charge in [0.15, 0.2) is 0 Å². The van der Waals surface area contributed by atoms with E-state index in [2.05, 4.69) is 5.32 Å². The van der Waals surface area contributed by atoms with Crippen molar-refractivity contribution < 1.29 is 9.90 Å². The second-order valence-corrected chi connectivity index (χ2v) is 4.42. The molecule has 4 N–H and O–H groups in total.